The molecule has 1 fully saturated rings. The first kappa shape index (κ1) is 56.6. The number of likely N-dealkylation sites (N-methyl/N-ethyl adjacent to an activating group) is 1. The van der Waals surface area contributed by atoms with Crippen LogP contribution in [0.2, 0.25) is 0 Å². The van der Waals surface area contributed by atoms with Crippen LogP contribution in [0.15, 0.2) is 12.2 Å². The van der Waals surface area contributed by atoms with Crippen LogP contribution in [-0.4, -0.2) is 152 Å². The molecule has 0 aromatic rings. The number of hydrogen-bond donors (Lipinski definition) is 5. The molecule has 22 nitrogen and oxygen atoms in total. The Bertz CT molecular complexity index is 1680. The Morgan fingerprint density at radius 2 is 1.20 bits per heavy atom. The Hall–Kier alpha value is -5.48. The molecule has 66 heavy (non-hydrogen) atoms. The van der Waals surface area contributed by atoms with E-state index in [0.29, 0.717) is 110 Å². The molecule has 0 saturated carbocycles. The maximum absolute atomic E-state index is 13.0. The maximum Gasteiger partial charge on any atom is 0.410 e. The van der Waals surface area contributed by atoms with E-state index in [1.165, 1.54) is 18.9 Å². The molecule has 5 N–H and O–H groups in total. The highest BCUT2D eigenvalue weighted by Crippen LogP contribution is 2.35. The van der Waals surface area contributed by atoms with E-state index in [0.717, 1.165) is 0 Å². The molecule has 1 saturated heterocycles. The second-order valence-electron chi connectivity index (χ2n) is 17.0. The molecule has 0 radical (unpaired) electrons. The summed E-state index contributed by atoms with van der Waals surface area (Å²) in [4.78, 5) is 128. The Balaban J connectivity index is 1.48. The fourth-order valence-corrected chi connectivity index (χ4v) is 6.92. The van der Waals surface area contributed by atoms with Crippen molar-refractivity contribution >= 4 is 59.2 Å². The molecule has 372 valence electrons. The normalized spacial score (nSPS) is 17.5. The minimum atomic E-state index is -1.02. The van der Waals surface area contributed by atoms with Crippen molar-refractivity contribution in [1.29, 1.82) is 0 Å². The summed E-state index contributed by atoms with van der Waals surface area (Å²) in [6.45, 7) is 3.83. The van der Waals surface area contributed by atoms with Gasteiger partial charge in [-0.2, -0.15) is 0 Å². The molecule has 0 spiro atoms. The number of ketones is 1. The monoisotopic (exact) mass is 938 g/mol. The van der Waals surface area contributed by atoms with E-state index >= 15 is 0 Å². The third kappa shape index (κ3) is 22.6. The molecule has 1 aliphatic carbocycles. The van der Waals surface area contributed by atoms with Gasteiger partial charge in [-0.1, -0.05) is 18.9 Å². The summed E-state index contributed by atoms with van der Waals surface area (Å²) in [5.41, 5.74) is -1.02. The second kappa shape index (κ2) is 30.7. The Morgan fingerprint density at radius 1 is 0.697 bits per heavy atom. The third-order valence-electron chi connectivity index (χ3n) is 11.2. The van der Waals surface area contributed by atoms with Crippen LogP contribution < -0.4 is 10.6 Å². The average Bonchev–Trinajstić information content (AvgIpc) is 3.59. The van der Waals surface area contributed by atoms with E-state index in [9.17, 15) is 63.6 Å². The lowest BCUT2D eigenvalue weighted by Crippen LogP contribution is -2.40. The number of unbranched alkanes of at least 4 members (excludes halogenated alkanes) is 7. The summed E-state index contributed by atoms with van der Waals surface area (Å²) in [6, 6.07) is 0. The molecule has 0 aromatic heterocycles. The van der Waals surface area contributed by atoms with E-state index in [1.54, 1.807) is 19.1 Å². The van der Waals surface area contributed by atoms with Gasteiger partial charge in [0.2, 0.25) is 29.5 Å². The van der Waals surface area contributed by atoms with Crippen LogP contribution >= 0.6 is 0 Å². The van der Waals surface area contributed by atoms with Gasteiger partial charge in [-0.05, 0) is 90.0 Å². The van der Waals surface area contributed by atoms with Crippen molar-refractivity contribution in [3.05, 3.63) is 12.2 Å². The van der Waals surface area contributed by atoms with Crippen molar-refractivity contribution in [3.63, 3.8) is 0 Å². The predicted octanol–water partition coefficient (Wildman–Crippen LogP) is 3.49. The molecular weight excluding hydrogens is 867 g/mol. The number of ether oxygens (including phenoxy) is 1. The number of nitrogens with zero attached hydrogens (tertiary/aromatic N) is 5. The number of hydroxylamine groups is 8. The van der Waals surface area contributed by atoms with Crippen LogP contribution in [0.3, 0.4) is 0 Å². The van der Waals surface area contributed by atoms with E-state index in [2.05, 4.69) is 10.6 Å². The quantitative estimate of drug-likeness (QED) is 0.0227. The summed E-state index contributed by atoms with van der Waals surface area (Å²) >= 11 is 0. The molecule has 2 rings (SSSR count). The Kier molecular flexibility index (Phi) is 26.3. The molecule has 1 aliphatic heterocycles. The van der Waals surface area contributed by atoms with Gasteiger partial charge in [-0.3, -0.25) is 54.0 Å². The van der Waals surface area contributed by atoms with Gasteiger partial charge in [0.25, 0.3) is 11.8 Å². The fourth-order valence-electron chi connectivity index (χ4n) is 6.92. The predicted molar refractivity (Wildman–Crippen MR) is 232 cm³/mol. The van der Waals surface area contributed by atoms with Crippen molar-refractivity contribution in [2.24, 2.45) is 5.41 Å². The lowest BCUT2D eigenvalue weighted by Gasteiger charge is -2.31. The summed E-state index contributed by atoms with van der Waals surface area (Å²) in [6.07, 6.45) is 9.05. The minimum absolute atomic E-state index is 0.00983. The molecule has 22 heteroatoms. The summed E-state index contributed by atoms with van der Waals surface area (Å²) in [7, 11) is 1.45. The van der Waals surface area contributed by atoms with Gasteiger partial charge in [0, 0.05) is 91.6 Å². The summed E-state index contributed by atoms with van der Waals surface area (Å²) in [5, 5.41) is 37.1. The maximum atomic E-state index is 13.0. The first-order valence-corrected chi connectivity index (χ1v) is 23.0. The van der Waals surface area contributed by atoms with Crippen molar-refractivity contribution in [3.8, 4) is 0 Å². The van der Waals surface area contributed by atoms with Gasteiger partial charge in [-0.15, -0.1) is 5.06 Å². The van der Waals surface area contributed by atoms with Crippen LogP contribution in [-0.2, 0) is 52.7 Å². The van der Waals surface area contributed by atoms with Crippen molar-refractivity contribution < 1.29 is 73.1 Å². The molecule has 0 unspecified atom stereocenters. The minimum Gasteiger partial charge on any atom is -0.442 e. The lowest BCUT2D eigenvalue weighted by molar-refractivity contribution is -0.205. The standard InChI is InChI=1S/C44H71N7O15/c1-33(52)48(62)29-14-6-11-27-45-36(54)19-21-39(57)50(64)31-15-7-12-28-46-37(55)18-20-38(56)49(63)30-13-5-4-8-16-34(53)32-47(3)43(61)65-35-17-9-10-25-44(2,26-24-35)42(60)66-51-40(58)22-23-41(51)59/h9,17,35,62-64H,4-8,10-16,18-32H2,1-3H3,(H,45,54)(H,46,55)/b17-9+/t35-,44+/m1/s1. The number of carbonyl (C=O) groups is 10. The van der Waals surface area contributed by atoms with Crippen LogP contribution in [0.25, 0.3) is 0 Å². The van der Waals surface area contributed by atoms with Gasteiger partial charge >= 0.3 is 12.1 Å². The molecule has 1 heterocycles. The van der Waals surface area contributed by atoms with Gasteiger partial charge in [-0.25, -0.2) is 24.8 Å². The van der Waals surface area contributed by atoms with Crippen molar-refractivity contribution in [2.45, 2.75) is 155 Å². The molecule has 2 aliphatic rings. The molecule has 0 aromatic carbocycles. The van der Waals surface area contributed by atoms with Crippen LogP contribution in [0.1, 0.15) is 149 Å². The molecule has 8 amide bonds. The third-order valence-corrected chi connectivity index (χ3v) is 11.2. The van der Waals surface area contributed by atoms with Gasteiger partial charge in [0.15, 0.2) is 5.78 Å². The number of hydrogen-bond acceptors (Lipinski definition) is 15. The SMILES string of the molecule is CC(=O)N(O)CCCCCNC(=O)CCC(=O)N(O)CCCCCNC(=O)CCC(=O)N(O)CCCCCCC(=O)CN(C)C(=O)O[C@@H]1/C=C/CC[C@](C)(C(=O)ON2C(=O)CCC2=O)CC1. The van der Waals surface area contributed by atoms with Gasteiger partial charge < -0.3 is 25.1 Å². The Morgan fingerprint density at radius 3 is 1.73 bits per heavy atom. The number of Topliss-reactive ketones (excluding diaryl/α,β-unsaturated/α-hetero) is 1. The van der Waals surface area contributed by atoms with Crippen molar-refractivity contribution in [1.82, 2.24) is 35.8 Å². The number of nitrogens with one attached hydrogen (secondary N) is 2. The highest BCUT2D eigenvalue weighted by molar-refractivity contribution is 6.01. The first-order valence-electron chi connectivity index (χ1n) is 23.0. The first-order chi connectivity index (χ1) is 31.3. The fraction of sp³-hybridized carbons (Fsp3) is 0.727. The zero-order valence-electron chi connectivity index (χ0n) is 38.8. The number of imide groups is 1. The van der Waals surface area contributed by atoms with E-state index in [1.807, 2.05) is 0 Å². The smallest absolute Gasteiger partial charge is 0.410 e. The molecule has 0 bridgehead atoms. The van der Waals surface area contributed by atoms with Gasteiger partial charge in [0.1, 0.15) is 6.10 Å². The van der Waals surface area contributed by atoms with Crippen LogP contribution in [0.4, 0.5) is 4.79 Å². The topological polar surface area (TPSA) is 290 Å². The lowest BCUT2D eigenvalue weighted by atomic mass is 9.79. The zero-order valence-corrected chi connectivity index (χ0v) is 38.8. The second-order valence-corrected chi connectivity index (χ2v) is 17.0. The number of carbonyl (C=O) groups excluding carboxylic acids is 10. The van der Waals surface area contributed by atoms with E-state index in [4.69, 9.17) is 9.57 Å². The number of rotatable bonds is 30. The highest BCUT2D eigenvalue weighted by atomic mass is 16.7. The number of amides is 8. The Labute approximate surface area is 386 Å². The van der Waals surface area contributed by atoms with Gasteiger partial charge in [0.05, 0.1) is 12.0 Å². The average molecular weight is 938 g/mol. The number of allylic oxidation sites excluding steroid dienone is 1. The van der Waals surface area contributed by atoms with Crippen molar-refractivity contribution in [2.75, 3.05) is 46.3 Å². The molecule has 2 atom stereocenters. The molecular formula is C44H71N7O15. The summed E-state index contributed by atoms with van der Waals surface area (Å²) in [5.74, 6) is -4.31. The largest absolute Gasteiger partial charge is 0.442 e. The van der Waals surface area contributed by atoms with Crippen LogP contribution in [0, 0.1) is 5.41 Å². The van der Waals surface area contributed by atoms with E-state index < -0.39 is 53.1 Å². The summed E-state index contributed by atoms with van der Waals surface area (Å²) < 4.78 is 5.60. The van der Waals surface area contributed by atoms with E-state index in [-0.39, 0.29) is 102 Å². The zero-order chi connectivity index (χ0) is 49.1. The highest BCUT2D eigenvalue weighted by Gasteiger charge is 2.41. The van der Waals surface area contributed by atoms with Crippen LogP contribution in [0.5, 0.6) is 0 Å².